The van der Waals surface area contributed by atoms with Gasteiger partial charge in [-0.25, -0.2) is 4.98 Å². The maximum absolute atomic E-state index is 4.60. The predicted octanol–water partition coefficient (Wildman–Crippen LogP) is 4.16. The van der Waals surface area contributed by atoms with Crippen LogP contribution in [0.4, 0.5) is 5.82 Å². The predicted molar refractivity (Wildman–Crippen MR) is 90.8 cm³/mol. The molecule has 0 bridgehead atoms. The first-order valence-electron chi connectivity index (χ1n) is 8.58. The minimum atomic E-state index is 0.395. The van der Waals surface area contributed by atoms with E-state index in [9.17, 15) is 0 Å². The maximum atomic E-state index is 4.60. The molecule has 0 radical (unpaired) electrons. The van der Waals surface area contributed by atoms with Crippen molar-refractivity contribution in [1.82, 2.24) is 10.3 Å². The lowest BCUT2D eigenvalue weighted by Crippen LogP contribution is -2.40. The van der Waals surface area contributed by atoms with E-state index in [1.54, 1.807) is 0 Å². The summed E-state index contributed by atoms with van der Waals surface area (Å²) in [6, 6.07) is 4.79. The highest BCUT2D eigenvalue weighted by Gasteiger charge is 2.31. The quantitative estimate of drug-likeness (QED) is 0.852. The molecule has 118 valence electrons. The third-order valence-electron chi connectivity index (χ3n) is 5.43. The van der Waals surface area contributed by atoms with E-state index in [0.717, 1.165) is 25.5 Å². The third kappa shape index (κ3) is 3.76. The van der Waals surface area contributed by atoms with Gasteiger partial charge in [-0.2, -0.15) is 0 Å². The van der Waals surface area contributed by atoms with E-state index in [1.807, 2.05) is 6.20 Å². The number of hydrogen-bond donors (Lipinski definition) is 1. The van der Waals surface area contributed by atoms with Crippen molar-refractivity contribution in [2.45, 2.75) is 59.4 Å². The molecule has 1 aromatic heterocycles. The van der Waals surface area contributed by atoms with Crippen molar-refractivity contribution in [2.24, 2.45) is 5.41 Å². The van der Waals surface area contributed by atoms with E-state index >= 15 is 0 Å². The van der Waals surface area contributed by atoms with Crippen LogP contribution in [0.1, 0.15) is 65.0 Å². The van der Waals surface area contributed by atoms with Crippen LogP contribution in [0.25, 0.3) is 0 Å². The van der Waals surface area contributed by atoms with Crippen LogP contribution in [-0.4, -0.2) is 24.6 Å². The molecule has 2 rings (SSSR count). The van der Waals surface area contributed by atoms with Crippen LogP contribution in [0.3, 0.4) is 0 Å². The molecule has 1 N–H and O–H groups in total. The Balaban J connectivity index is 2.05. The van der Waals surface area contributed by atoms with E-state index in [1.165, 1.54) is 31.2 Å². The van der Waals surface area contributed by atoms with Gasteiger partial charge in [0.05, 0.1) is 0 Å². The van der Waals surface area contributed by atoms with Crippen molar-refractivity contribution in [3.8, 4) is 0 Å². The van der Waals surface area contributed by atoms with Gasteiger partial charge in [0, 0.05) is 25.3 Å². The first kappa shape index (κ1) is 16.3. The number of hydrogen-bond acceptors (Lipinski definition) is 3. The van der Waals surface area contributed by atoms with Gasteiger partial charge in [0.15, 0.2) is 0 Å². The highest BCUT2D eigenvalue weighted by Crippen LogP contribution is 2.38. The number of piperidine rings is 1. The van der Waals surface area contributed by atoms with Gasteiger partial charge >= 0.3 is 0 Å². The van der Waals surface area contributed by atoms with Crippen molar-refractivity contribution in [3.63, 3.8) is 0 Å². The van der Waals surface area contributed by atoms with Crippen LogP contribution in [0.15, 0.2) is 18.3 Å². The van der Waals surface area contributed by atoms with Crippen LogP contribution in [0, 0.1) is 5.41 Å². The molecule has 1 atom stereocenters. The van der Waals surface area contributed by atoms with E-state index in [2.05, 4.69) is 55.0 Å². The lowest BCUT2D eigenvalue weighted by molar-refractivity contribution is 0.199. The van der Waals surface area contributed by atoms with Gasteiger partial charge in [0.25, 0.3) is 0 Å². The Kier molecular flexibility index (Phi) is 5.63. The molecule has 1 fully saturated rings. The van der Waals surface area contributed by atoms with Gasteiger partial charge in [-0.1, -0.05) is 33.6 Å². The molecule has 21 heavy (non-hydrogen) atoms. The van der Waals surface area contributed by atoms with Gasteiger partial charge in [0.2, 0.25) is 0 Å². The van der Waals surface area contributed by atoms with E-state index < -0.39 is 0 Å². The highest BCUT2D eigenvalue weighted by molar-refractivity contribution is 5.42. The Morgan fingerprint density at radius 1 is 1.24 bits per heavy atom. The number of pyridine rings is 1. The molecular formula is C18H31N3. The lowest BCUT2D eigenvalue weighted by Gasteiger charge is -2.41. The molecule has 0 aromatic carbocycles. The minimum Gasteiger partial charge on any atom is -0.357 e. The van der Waals surface area contributed by atoms with Crippen molar-refractivity contribution in [1.29, 1.82) is 0 Å². The number of anilines is 1. The summed E-state index contributed by atoms with van der Waals surface area (Å²) in [7, 11) is 0. The highest BCUT2D eigenvalue weighted by atomic mass is 15.2. The van der Waals surface area contributed by atoms with Crippen molar-refractivity contribution in [3.05, 3.63) is 23.9 Å². The van der Waals surface area contributed by atoms with Crippen molar-refractivity contribution < 1.29 is 0 Å². The molecular weight excluding hydrogens is 258 g/mol. The van der Waals surface area contributed by atoms with Gasteiger partial charge in [-0.15, -0.1) is 0 Å². The second-order valence-electron chi connectivity index (χ2n) is 6.42. The van der Waals surface area contributed by atoms with Crippen LogP contribution in [-0.2, 0) is 0 Å². The smallest absolute Gasteiger partial charge is 0.128 e. The van der Waals surface area contributed by atoms with Crippen molar-refractivity contribution in [2.75, 3.05) is 24.5 Å². The Bertz CT molecular complexity index is 430. The largest absolute Gasteiger partial charge is 0.357 e. The van der Waals surface area contributed by atoms with Crippen LogP contribution in [0.2, 0.25) is 0 Å². The monoisotopic (exact) mass is 289 g/mol. The SMILES string of the molecule is CCNC(C)c1ccnc(N2CCC(CC)(CC)CC2)c1. The van der Waals surface area contributed by atoms with Crippen LogP contribution < -0.4 is 10.2 Å². The number of rotatable bonds is 6. The summed E-state index contributed by atoms with van der Waals surface area (Å²) in [6.07, 6.45) is 7.17. The molecule has 2 heterocycles. The first-order valence-corrected chi connectivity index (χ1v) is 8.58. The number of aromatic nitrogens is 1. The molecule has 1 unspecified atom stereocenters. The summed E-state index contributed by atoms with van der Waals surface area (Å²) < 4.78 is 0. The summed E-state index contributed by atoms with van der Waals surface area (Å²) in [5.74, 6) is 1.15. The van der Waals surface area contributed by atoms with Crippen LogP contribution >= 0.6 is 0 Å². The summed E-state index contributed by atoms with van der Waals surface area (Å²) in [6.45, 7) is 12.3. The maximum Gasteiger partial charge on any atom is 0.128 e. The molecule has 1 aromatic rings. The zero-order valence-corrected chi connectivity index (χ0v) is 14.2. The fourth-order valence-electron chi connectivity index (χ4n) is 3.47. The normalized spacial score (nSPS) is 19.5. The standard InChI is InChI=1S/C18H31N3/c1-5-18(6-2)9-12-21(13-10-18)17-14-16(8-11-20-17)15(4)19-7-3/h8,11,14-15,19H,5-7,9-10,12-13H2,1-4H3. The van der Waals surface area contributed by atoms with E-state index in [0.29, 0.717) is 11.5 Å². The molecule has 1 saturated heterocycles. The average Bonchev–Trinajstić information content (AvgIpc) is 2.55. The van der Waals surface area contributed by atoms with Crippen molar-refractivity contribution >= 4 is 5.82 Å². The Labute approximate surface area is 130 Å². The first-order chi connectivity index (χ1) is 10.1. The molecule has 0 spiro atoms. The molecule has 3 heteroatoms. The summed E-state index contributed by atoms with van der Waals surface area (Å²) in [5, 5.41) is 3.48. The fourth-order valence-corrected chi connectivity index (χ4v) is 3.47. The second-order valence-corrected chi connectivity index (χ2v) is 6.42. The molecule has 0 aliphatic carbocycles. The van der Waals surface area contributed by atoms with Gasteiger partial charge < -0.3 is 10.2 Å². The average molecular weight is 289 g/mol. The van der Waals surface area contributed by atoms with Gasteiger partial charge in [-0.3, -0.25) is 0 Å². The van der Waals surface area contributed by atoms with E-state index in [4.69, 9.17) is 0 Å². The summed E-state index contributed by atoms with van der Waals surface area (Å²) in [4.78, 5) is 7.07. The fraction of sp³-hybridized carbons (Fsp3) is 0.722. The Morgan fingerprint density at radius 2 is 1.90 bits per heavy atom. The van der Waals surface area contributed by atoms with Crippen LogP contribution in [0.5, 0.6) is 0 Å². The lowest BCUT2D eigenvalue weighted by atomic mass is 9.74. The Hall–Kier alpha value is -1.09. The van der Waals surface area contributed by atoms with Gasteiger partial charge in [0.1, 0.15) is 5.82 Å². The summed E-state index contributed by atoms with van der Waals surface area (Å²) >= 11 is 0. The zero-order chi connectivity index (χ0) is 15.3. The molecule has 0 saturated carbocycles. The topological polar surface area (TPSA) is 28.2 Å². The molecule has 1 aliphatic rings. The summed E-state index contributed by atoms with van der Waals surface area (Å²) in [5.41, 5.74) is 1.91. The molecule has 3 nitrogen and oxygen atoms in total. The number of nitrogens with one attached hydrogen (secondary N) is 1. The van der Waals surface area contributed by atoms with E-state index in [-0.39, 0.29) is 0 Å². The zero-order valence-electron chi connectivity index (χ0n) is 14.2. The second kappa shape index (κ2) is 7.26. The number of nitrogens with zero attached hydrogens (tertiary/aromatic N) is 2. The minimum absolute atomic E-state index is 0.395. The van der Waals surface area contributed by atoms with Gasteiger partial charge in [-0.05, 0) is 49.4 Å². The molecule has 0 amide bonds. The Morgan fingerprint density at radius 3 is 2.48 bits per heavy atom. The third-order valence-corrected chi connectivity index (χ3v) is 5.43. The molecule has 1 aliphatic heterocycles.